The van der Waals surface area contributed by atoms with Crippen molar-refractivity contribution in [1.29, 1.82) is 0 Å². The summed E-state index contributed by atoms with van der Waals surface area (Å²) in [6, 6.07) is 6.12. The van der Waals surface area contributed by atoms with Crippen molar-refractivity contribution in [2.45, 2.75) is 57.8 Å². The van der Waals surface area contributed by atoms with E-state index in [1.165, 1.54) is 44.1 Å². The Labute approximate surface area is 154 Å². The van der Waals surface area contributed by atoms with Crippen LogP contribution in [-0.4, -0.2) is 14.2 Å². The van der Waals surface area contributed by atoms with Gasteiger partial charge in [-0.3, -0.25) is 0 Å². The van der Waals surface area contributed by atoms with E-state index in [0.717, 1.165) is 30.8 Å². The fourth-order valence-electron chi connectivity index (χ4n) is 2.88. The van der Waals surface area contributed by atoms with Gasteiger partial charge in [-0.15, -0.1) is 0 Å². The van der Waals surface area contributed by atoms with Gasteiger partial charge in [0.05, 0.1) is 14.2 Å². The summed E-state index contributed by atoms with van der Waals surface area (Å²) in [7, 11) is 3.40. The Kier molecular flexibility index (Phi) is 12.1. The molecule has 0 aliphatic heterocycles. The number of hydrogen-bond acceptors (Lipinski definition) is 2. The molecule has 1 aromatic carbocycles. The topological polar surface area (TPSA) is 18.5 Å². The van der Waals surface area contributed by atoms with E-state index in [2.05, 4.69) is 30.9 Å². The van der Waals surface area contributed by atoms with Crippen LogP contribution in [0.3, 0.4) is 0 Å². The first-order chi connectivity index (χ1) is 12.3. The number of hydrogen-bond donors (Lipinski definition) is 0. The Morgan fingerprint density at radius 3 is 2.32 bits per heavy atom. The molecule has 0 heterocycles. The van der Waals surface area contributed by atoms with Crippen LogP contribution < -0.4 is 9.47 Å². The van der Waals surface area contributed by atoms with E-state index in [1.807, 2.05) is 24.3 Å². The Bertz CT molecular complexity index is 529. The van der Waals surface area contributed by atoms with Gasteiger partial charge in [-0.05, 0) is 50.2 Å². The highest BCUT2D eigenvalue weighted by molar-refractivity contribution is 5.46. The quantitative estimate of drug-likeness (QED) is 0.214. The lowest BCUT2D eigenvalue weighted by Crippen LogP contribution is -1.96. The lowest BCUT2D eigenvalue weighted by Gasteiger charge is -2.12. The Morgan fingerprint density at radius 2 is 1.56 bits per heavy atom. The lowest BCUT2D eigenvalue weighted by atomic mass is 10.0. The molecule has 0 unspecified atom stereocenters. The van der Waals surface area contributed by atoms with Gasteiger partial charge in [-0.25, -0.2) is 0 Å². The van der Waals surface area contributed by atoms with Crippen molar-refractivity contribution in [2.24, 2.45) is 0 Å². The van der Waals surface area contributed by atoms with Crippen LogP contribution in [0.2, 0.25) is 0 Å². The summed E-state index contributed by atoms with van der Waals surface area (Å²) < 4.78 is 10.8. The van der Waals surface area contributed by atoms with Crippen molar-refractivity contribution in [3.8, 4) is 11.5 Å². The SMILES string of the molecule is C=C/C=C/CC/C=C\CCCCCCCc1cccc(OC)c1OC. The molecule has 0 aliphatic carbocycles. The minimum atomic E-state index is 0.826. The van der Waals surface area contributed by atoms with Crippen LogP contribution in [0.4, 0.5) is 0 Å². The fourth-order valence-corrected chi connectivity index (χ4v) is 2.88. The van der Waals surface area contributed by atoms with Gasteiger partial charge in [0, 0.05) is 0 Å². The van der Waals surface area contributed by atoms with Gasteiger partial charge < -0.3 is 9.47 Å². The second-order valence-corrected chi connectivity index (χ2v) is 6.17. The lowest BCUT2D eigenvalue weighted by molar-refractivity contribution is 0.351. The zero-order valence-corrected chi connectivity index (χ0v) is 16.0. The summed E-state index contributed by atoms with van der Waals surface area (Å²) in [5.41, 5.74) is 1.25. The molecule has 0 amide bonds. The molecule has 0 aliphatic rings. The maximum atomic E-state index is 5.49. The van der Waals surface area contributed by atoms with Crippen LogP contribution in [-0.2, 0) is 6.42 Å². The minimum absolute atomic E-state index is 0.826. The fraction of sp³-hybridized carbons (Fsp3) is 0.478. The van der Waals surface area contributed by atoms with Crippen molar-refractivity contribution in [3.05, 3.63) is 60.7 Å². The van der Waals surface area contributed by atoms with E-state index >= 15 is 0 Å². The average molecular weight is 343 g/mol. The van der Waals surface area contributed by atoms with E-state index in [4.69, 9.17) is 9.47 Å². The smallest absolute Gasteiger partial charge is 0.163 e. The number of rotatable bonds is 14. The summed E-state index contributed by atoms with van der Waals surface area (Å²) in [6.45, 7) is 3.67. The van der Waals surface area contributed by atoms with Crippen LogP contribution in [0.25, 0.3) is 0 Å². The van der Waals surface area contributed by atoms with Gasteiger partial charge in [0.15, 0.2) is 11.5 Å². The highest BCUT2D eigenvalue weighted by Gasteiger charge is 2.08. The highest BCUT2D eigenvalue weighted by Crippen LogP contribution is 2.31. The maximum absolute atomic E-state index is 5.49. The number of methoxy groups -OCH3 is 2. The third kappa shape index (κ3) is 9.19. The first-order valence-electron chi connectivity index (χ1n) is 9.46. The molecule has 0 bridgehead atoms. The molecule has 0 atom stereocenters. The standard InChI is InChI=1S/C23H34O2/c1-4-5-6-7-8-9-10-11-12-13-14-15-16-18-21-19-17-20-22(24-2)23(21)25-3/h4-6,9-10,17,19-20H,1,7-8,11-16,18H2,2-3H3/b6-5+,10-9-. The average Bonchev–Trinajstić information content (AvgIpc) is 2.65. The van der Waals surface area contributed by atoms with E-state index in [0.29, 0.717) is 0 Å². The largest absolute Gasteiger partial charge is 0.493 e. The molecule has 0 aromatic heterocycles. The summed E-state index contributed by atoms with van der Waals surface area (Å²) in [4.78, 5) is 0. The van der Waals surface area contributed by atoms with E-state index in [-0.39, 0.29) is 0 Å². The van der Waals surface area contributed by atoms with Crippen LogP contribution in [0, 0.1) is 0 Å². The van der Waals surface area contributed by atoms with Crippen molar-refractivity contribution >= 4 is 0 Å². The molecular formula is C23H34O2. The second kappa shape index (κ2) is 14.4. The Hall–Kier alpha value is -1.96. The normalized spacial score (nSPS) is 11.3. The molecule has 2 nitrogen and oxygen atoms in total. The first-order valence-corrected chi connectivity index (χ1v) is 9.46. The summed E-state index contributed by atoms with van der Waals surface area (Å²) in [5.74, 6) is 1.71. The van der Waals surface area contributed by atoms with E-state index in [1.54, 1.807) is 14.2 Å². The number of unbranched alkanes of at least 4 members (excludes halogenated alkanes) is 6. The predicted molar refractivity (Wildman–Crippen MR) is 109 cm³/mol. The highest BCUT2D eigenvalue weighted by atomic mass is 16.5. The van der Waals surface area contributed by atoms with Gasteiger partial charge in [0.1, 0.15) is 0 Å². The summed E-state index contributed by atoms with van der Waals surface area (Å²) in [5, 5.41) is 0. The molecule has 1 rings (SSSR count). The molecule has 25 heavy (non-hydrogen) atoms. The van der Waals surface area contributed by atoms with Crippen LogP contribution in [0.5, 0.6) is 11.5 Å². The monoisotopic (exact) mass is 342 g/mol. The zero-order chi connectivity index (χ0) is 18.2. The maximum Gasteiger partial charge on any atom is 0.163 e. The molecule has 1 aromatic rings. The minimum Gasteiger partial charge on any atom is -0.493 e. The Balaban J connectivity index is 2.08. The van der Waals surface area contributed by atoms with Crippen LogP contribution in [0.15, 0.2) is 55.2 Å². The summed E-state index contributed by atoms with van der Waals surface area (Å²) >= 11 is 0. The van der Waals surface area contributed by atoms with E-state index in [9.17, 15) is 0 Å². The molecule has 0 N–H and O–H groups in total. The second-order valence-electron chi connectivity index (χ2n) is 6.17. The van der Waals surface area contributed by atoms with Gasteiger partial charge >= 0.3 is 0 Å². The molecule has 0 saturated carbocycles. The zero-order valence-electron chi connectivity index (χ0n) is 16.0. The molecular weight excluding hydrogens is 308 g/mol. The molecule has 0 saturated heterocycles. The van der Waals surface area contributed by atoms with Gasteiger partial charge in [-0.2, -0.15) is 0 Å². The third-order valence-corrected chi connectivity index (χ3v) is 4.24. The molecule has 2 heteroatoms. The van der Waals surface area contributed by atoms with Gasteiger partial charge in [0.25, 0.3) is 0 Å². The number of allylic oxidation sites excluding steroid dienone is 5. The van der Waals surface area contributed by atoms with Crippen molar-refractivity contribution in [1.82, 2.24) is 0 Å². The van der Waals surface area contributed by atoms with E-state index < -0.39 is 0 Å². The summed E-state index contributed by atoms with van der Waals surface area (Å²) in [6.07, 6.45) is 21.5. The number of benzene rings is 1. The number of aryl methyl sites for hydroxylation is 1. The molecule has 0 spiro atoms. The molecule has 0 radical (unpaired) electrons. The van der Waals surface area contributed by atoms with Gasteiger partial charge in [0.2, 0.25) is 0 Å². The van der Waals surface area contributed by atoms with Crippen molar-refractivity contribution in [2.75, 3.05) is 14.2 Å². The number of para-hydroxylation sites is 1. The number of ether oxygens (including phenoxy) is 2. The third-order valence-electron chi connectivity index (χ3n) is 4.24. The molecule has 0 fully saturated rings. The van der Waals surface area contributed by atoms with Gasteiger partial charge in [-0.1, -0.05) is 68.4 Å². The van der Waals surface area contributed by atoms with Crippen molar-refractivity contribution < 1.29 is 9.47 Å². The van der Waals surface area contributed by atoms with Crippen molar-refractivity contribution in [3.63, 3.8) is 0 Å². The molecule has 138 valence electrons. The Morgan fingerprint density at radius 1 is 0.840 bits per heavy atom. The van der Waals surface area contributed by atoms with Crippen LogP contribution >= 0.6 is 0 Å². The predicted octanol–water partition coefficient (Wildman–Crippen LogP) is 6.67. The first kappa shape index (κ1) is 21.1. The van der Waals surface area contributed by atoms with Crippen LogP contribution in [0.1, 0.15) is 56.9 Å².